The molecular weight excluding hydrogens is 273 g/mol. The minimum Gasteiger partial charge on any atom is -0.376 e. The fourth-order valence-corrected chi connectivity index (χ4v) is 2.53. The van der Waals surface area contributed by atoms with E-state index in [0.29, 0.717) is 11.6 Å². The highest BCUT2D eigenvalue weighted by molar-refractivity contribution is 5.94. The zero-order valence-electron chi connectivity index (χ0n) is 12.1. The monoisotopic (exact) mass is 293 g/mol. The molecule has 0 spiro atoms. The van der Waals surface area contributed by atoms with Gasteiger partial charge in [-0.15, -0.1) is 0 Å². The summed E-state index contributed by atoms with van der Waals surface area (Å²) in [5.74, 6) is -0.960. The van der Waals surface area contributed by atoms with Crippen molar-refractivity contribution in [1.82, 2.24) is 4.90 Å². The largest absolute Gasteiger partial charge is 0.376 e. The van der Waals surface area contributed by atoms with Crippen LogP contribution in [-0.2, 0) is 4.79 Å². The summed E-state index contributed by atoms with van der Waals surface area (Å²) in [5.41, 5.74) is 5.41. The third-order valence-electron chi connectivity index (χ3n) is 3.69. The van der Waals surface area contributed by atoms with Gasteiger partial charge >= 0.3 is 0 Å². The fraction of sp³-hybridized carbons (Fsp3) is 0.467. The number of likely N-dealkylation sites (tertiary alicyclic amines) is 1. The molecule has 21 heavy (non-hydrogen) atoms. The first-order valence-electron chi connectivity index (χ1n) is 7.08. The van der Waals surface area contributed by atoms with Crippen molar-refractivity contribution >= 4 is 17.5 Å². The predicted molar refractivity (Wildman–Crippen MR) is 78.4 cm³/mol. The Hall–Kier alpha value is -2.11. The lowest BCUT2D eigenvalue weighted by Crippen LogP contribution is -2.41. The molecule has 0 aromatic heterocycles. The lowest BCUT2D eigenvalue weighted by atomic mass is 10.0. The number of amides is 2. The molecule has 5 nitrogen and oxygen atoms in total. The maximum absolute atomic E-state index is 13.3. The normalized spacial score (nSPS) is 18.4. The summed E-state index contributed by atoms with van der Waals surface area (Å²) in [6.07, 6.45) is 2.17. The molecule has 0 aliphatic carbocycles. The molecule has 6 heteroatoms. The molecule has 1 aromatic rings. The Morgan fingerprint density at radius 1 is 1.48 bits per heavy atom. The van der Waals surface area contributed by atoms with Gasteiger partial charge in [-0.2, -0.15) is 0 Å². The second kappa shape index (κ2) is 6.56. The number of nitrogens with two attached hydrogens (primary N) is 1. The summed E-state index contributed by atoms with van der Waals surface area (Å²) in [6, 6.07) is 3.97. The van der Waals surface area contributed by atoms with E-state index in [9.17, 15) is 14.0 Å². The number of primary amides is 1. The van der Waals surface area contributed by atoms with Gasteiger partial charge in [-0.05, 0) is 37.0 Å². The first-order valence-corrected chi connectivity index (χ1v) is 7.08. The molecule has 3 N–H and O–H groups in total. The van der Waals surface area contributed by atoms with Crippen LogP contribution in [0.15, 0.2) is 18.2 Å². The van der Waals surface area contributed by atoms with Crippen LogP contribution in [0.1, 0.15) is 30.1 Å². The van der Waals surface area contributed by atoms with E-state index in [-0.39, 0.29) is 18.0 Å². The van der Waals surface area contributed by atoms with Crippen LogP contribution in [0.3, 0.4) is 0 Å². The number of nitrogens with one attached hydrogen (secondary N) is 1. The van der Waals surface area contributed by atoms with Crippen molar-refractivity contribution in [2.24, 2.45) is 11.7 Å². The van der Waals surface area contributed by atoms with Crippen molar-refractivity contribution in [3.63, 3.8) is 0 Å². The molecule has 1 aromatic carbocycles. The van der Waals surface area contributed by atoms with Gasteiger partial charge < -0.3 is 16.0 Å². The molecule has 2 rings (SSSR count). The quantitative estimate of drug-likeness (QED) is 0.885. The van der Waals surface area contributed by atoms with Crippen LogP contribution in [0.25, 0.3) is 0 Å². The van der Waals surface area contributed by atoms with Gasteiger partial charge in [-0.3, -0.25) is 9.59 Å². The summed E-state index contributed by atoms with van der Waals surface area (Å²) < 4.78 is 13.3. The molecule has 0 unspecified atom stereocenters. The highest BCUT2D eigenvalue weighted by Crippen LogP contribution is 2.17. The number of anilines is 1. The number of carbonyl (C=O) groups excluding carboxylic acids is 2. The number of carbonyl (C=O) groups is 2. The van der Waals surface area contributed by atoms with E-state index in [0.717, 1.165) is 32.0 Å². The SMILES string of the molecule is C[C@H]1CCCN(C(=O)CNc2ccc(F)c(C(N)=O)c2)C1. The minimum atomic E-state index is -0.827. The Kier molecular flexibility index (Phi) is 4.77. The van der Waals surface area contributed by atoms with Crippen LogP contribution in [0.2, 0.25) is 0 Å². The van der Waals surface area contributed by atoms with Crippen molar-refractivity contribution in [3.8, 4) is 0 Å². The van der Waals surface area contributed by atoms with Crippen LogP contribution in [0.5, 0.6) is 0 Å². The van der Waals surface area contributed by atoms with Gasteiger partial charge in [0.2, 0.25) is 5.91 Å². The molecular formula is C15H20FN3O2. The number of rotatable bonds is 4. The Morgan fingerprint density at radius 2 is 2.24 bits per heavy atom. The number of hydrogen-bond donors (Lipinski definition) is 2. The standard InChI is InChI=1S/C15H20FN3O2/c1-10-3-2-6-19(9-10)14(20)8-18-11-4-5-13(16)12(7-11)15(17)21/h4-5,7,10,18H,2-3,6,8-9H2,1H3,(H2,17,21)/t10-/m0/s1. The van der Waals surface area contributed by atoms with Crippen molar-refractivity contribution in [3.05, 3.63) is 29.6 Å². The molecule has 1 fully saturated rings. The number of halogens is 1. The van der Waals surface area contributed by atoms with E-state index < -0.39 is 11.7 Å². The van der Waals surface area contributed by atoms with Crippen molar-refractivity contribution in [1.29, 1.82) is 0 Å². The smallest absolute Gasteiger partial charge is 0.251 e. The maximum atomic E-state index is 13.3. The summed E-state index contributed by atoms with van der Waals surface area (Å²) in [6.45, 7) is 3.81. The van der Waals surface area contributed by atoms with Crippen LogP contribution in [0.4, 0.5) is 10.1 Å². The topological polar surface area (TPSA) is 75.4 Å². The fourth-order valence-electron chi connectivity index (χ4n) is 2.53. The molecule has 0 radical (unpaired) electrons. The van der Waals surface area contributed by atoms with E-state index in [2.05, 4.69) is 12.2 Å². The second-order valence-corrected chi connectivity index (χ2v) is 5.50. The zero-order valence-corrected chi connectivity index (χ0v) is 12.1. The van der Waals surface area contributed by atoms with Crippen molar-refractivity contribution < 1.29 is 14.0 Å². The lowest BCUT2D eigenvalue weighted by Gasteiger charge is -2.31. The third kappa shape index (κ3) is 3.93. The Bertz CT molecular complexity index is 548. The Balaban J connectivity index is 1.95. The van der Waals surface area contributed by atoms with Gasteiger partial charge in [0.25, 0.3) is 5.91 Å². The van der Waals surface area contributed by atoms with Crippen LogP contribution in [-0.4, -0.2) is 36.3 Å². The maximum Gasteiger partial charge on any atom is 0.251 e. The minimum absolute atomic E-state index is 0.00602. The summed E-state index contributed by atoms with van der Waals surface area (Å²) in [5, 5.41) is 2.91. The predicted octanol–water partition coefficient (Wildman–Crippen LogP) is 1.59. The van der Waals surface area contributed by atoms with Crippen LogP contribution in [0, 0.1) is 11.7 Å². The average molecular weight is 293 g/mol. The zero-order chi connectivity index (χ0) is 15.4. The van der Waals surface area contributed by atoms with Crippen molar-refractivity contribution in [2.45, 2.75) is 19.8 Å². The number of nitrogens with zero attached hydrogens (tertiary/aromatic N) is 1. The Morgan fingerprint density at radius 3 is 2.90 bits per heavy atom. The van der Waals surface area contributed by atoms with Crippen LogP contribution >= 0.6 is 0 Å². The lowest BCUT2D eigenvalue weighted by molar-refractivity contribution is -0.130. The first-order chi connectivity index (χ1) is 9.97. The van der Waals surface area contributed by atoms with Crippen LogP contribution < -0.4 is 11.1 Å². The second-order valence-electron chi connectivity index (χ2n) is 5.50. The molecule has 114 valence electrons. The average Bonchev–Trinajstić information content (AvgIpc) is 2.45. The molecule has 0 bridgehead atoms. The van der Waals surface area contributed by atoms with Crippen molar-refractivity contribution in [2.75, 3.05) is 25.0 Å². The molecule has 1 saturated heterocycles. The highest BCUT2D eigenvalue weighted by Gasteiger charge is 2.20. The number of piperidine rings is 1. The van der Waals surface area contributed by atoms with E-state index in [1.165, 1.54) is 12.1 Å². The van der Waals surface area contributed by atoms with E-state index in [4.69, 9.17) is 5.73 Å². The van der Waals surface area contributed by atoms with E-state index in [1.807, 2.05) is 4.90 Å². The first kappa shape index (κ1) is 15.3. The van der Waals surface area contributed by atoms with Gasteiger partial charge in [-0.25, -0.2) is 4.39 Å². The van der Waals surface area contributed by atoms with E-state index >= 15 is 0 Å². The molecule has 1 aliphatic heterocycles. The summed E-state index contributed by atoms with van der Waals surface area (Å²) >= 11 is 0. The summed E-state index contributed by atoms with van der Waals surface area (Å²) in [7, 11) is 0. The molecule has 2 amide bonds. The number of benzene rings is 1. The molecule has 1 heterocycles. The van der Waals surface area contributed by atoms with Gasteiger partial charge in [0.15, 0.2) is 0 Å². The number of hydrogen-bond acceptors (Lipinski definition) is 3. The highest BCUT2D eigenvalue weighted by atomic mass is 19.1. The van der Waals surface area contributed by atoms with Gasteiger partial charge in [0.1, 0.15) is 5.82 Å². The molecule has 0 saturated carbocycles. The van der Waals surface area contributed by atoms with Gasteiger partial charge in [0.05, 0.1) is 12.1 Å². The van der Waals surface area contributed by atoms with Gasteiger partial charge in [-0.1, -0.05) is 6.92 Å². The van der Waals surface area contributed by atoms with E-state index in [1.54, 1.807) is 0 Å². The molecule has 1 aliphatic rings. The Labute approximate surface area is 123 Å². The third-order valence-corrected chi connectivity index (χ3v) is 3.69. The summed E-state index contributed by atoms with van der Waals surface area (Å²) in [4.78, 5) is 25.0. The van der Waals surface area contributed by atoms with Gasteiger partial charge in [0, 0.05) is 18.8 Å². The molecule has 1 atom stereocenters.